The van der Waals surface area contributed by atoms with Gasteiger partial charge in [0.05, 0.1) is 16.3 Å². The quantitative estimate of drug-likeness (QED) is 0.479. The van der Waals surface area contributed by atoms with Gasteiger partial charge in [-0.05, 0) is 42.5 Å². The topological polar surface area (TPSA) is 107 Å². The molecule has 0 aliphatic rings. The second-order valence-electron chi connectivity index (χ2n) is 6.09. The van der Waals surface area contributed by atoms with E-state index in [9.17, 15) is 22.9 Å². The van der Waals surface area contributed by atoms with Gasteiger partial charge in [-0.2, -0.15) is 5.10 Å². The SMILES string of the molecule is CS(=O)(=O)c1cccc(NCCc2ccn(-c3ccc(F)cc3)n2)c1[N+](=O)[O-]. The van der Waals surface area contributed by atoms with Crippen molar-refractivity contribution in [2.75, 3.05) is 18.1 Å². The number of hydrogen-bond donors (Lipinski definition) is 1. The average molecular weight is 404 g/mol. The number of nitro groups is 1. The third kappa shape index (κ3) is 4.34. The summed E-state index contributed by atoms with van der Waals surface area (Å²) in [5.41, 5.74) is 1.09. The molecule has 0 aliphatic carbocycles. The summed E-state index contributed by atoms with van der Waals surface area (Å²) in [7, 11) is -3.73. The van der Waals surface area contributed by atoms with E-state index in [0.29, 0.717) is 18.7 Å². The minimum Gasteiger partial charge on any atom is -0.379 e. The third-order valence-electron chi connectivity index (χ3n) is 4.01. The van der Waals surface area contributed by atoms with Gasteiger partial charge in [0, 0.05) is 25.4 Å². The Balaban J connectivity index is 1.72. The van der Waals surface area contributed by atoms with Gasteiger partial charge >= 0.3 is 5.69 Å². The lowest BCUT2D eigenvalue weighted by Gasteiger charge is -2.09. The first-order chi connectivity index (χ1) is 13.3. The molecule has 10 heteroatoms. The van der Waals surface area contributed by atoms with E-state index in [2.05, 4.69) is 10.4 Å². The zero-order chi connectivity index (χ0) is 20.3. The normalized spacial score (nSPS) is 11.4. The standard InChI is InChI=1S/C18H17FN4O4S/c1-28(26,27)17-4-2-3-16(18(17)23(24)25)20-11-9-14-10-12-22(21-14)15-7-5-13(19)6-8-15/h2-8,10,12,20H,9,11H2,1H3. The number of aromatic nitrogens is 2. The van der Waals surface area contributed by atoms with Gasteiger partial charge < -0.3 is 5.32 Å². The van der Waals surface area contributed by atoms with Gasteiger partial charge in [-0.15, -0.1) is 0 Å². The van der Waals surface area contributed by atoms with Gasteiger partial charge in [0.1, 0.15) is 16.4 Å². The Morgan fingerprint density at radius 2 is 1.89 bits per heavy atom. The summed E-state index contributed by atoms with van der Waals surface area (Å²) in [5, 5.41) is 18.7. The van der Waals surface area contributed by atoms with Gasteiger partial charge in [-0.1, -0.05) is 6.07 Å². The molecule has 0 spiro atoms. The van der Waals surface area contributed by atoms with Gasteiger partial charge in [-0.3, -0.25) is 10.1 Å². The number of para-hydroxylation sites is 1. The highest BCUT2D eigenvalue weighted by molar-refractivity contribution is 7.90. The first kappa shape index (κ1) is 19.5. The number of halogens is 1. The molecule has 0 aliphatic heterocycles. The van der Waals surface area contributed by atoms with Crippen LogP contribution in [0.25, 0.3) is 5.69 Å². The van der Waals surface area contributed by atoms with Crippen molar-refractivity contribution in [3.63, 3.8) is 0 Å². The Hall–Kier alpha value is -3.27. The fourth-order valence-corrected chi connectivity index (χ4v) is 3.57. The van der Waals surface area contributed by atoms with Crippen LogP contribution in [-0.2, 0) is 16.3 Å². The van der Waals surface area contributed by atoms with E-state index < -0.39 is 20.4 Å². The smallest absolute Gasteiger partial charge is 0.310 e. The molecule has 0 radical (unpaired) electrons. The fourth-order valence-electron chi connectivity index (χ4n) is 2.71. The maximum atomic E-state index is 13.0. The Bertz CT molecular complexity index is 1110. The van der Waals surface area contributed by atoms with E-state index >= 15 is 0 Å². The van der Waals surface area contributed by atoms with Crippen molar-refractivity contribution >= 4 is 21.2 Å². The molecule has 0 unspecified atom stereocenters. The molecule has 3 rings (SSSR count). The molecule has 0 saturated heterocycles. The molecular formula is C18H17FN4O4S. The van der Waals surface area contributed by atoms with E-state index in [1.807, 2.05) is 0 Å². The van der Waals surface area contributed by atoms with Crippen LogP contribution in [0.1, 0.15) is 5.69 Å². The summed E-state index contributed by atoms with van der Waals surface area (Å²) in [6, 6.07) is 11.8. The van der Waals surface area contributed by atoms with Crippen LogP contribution >= 0.6 is 0 Å². The van der Waals surface area contributed by atoms with Crippen LogP contribution < -0.4 is 5.32 Å². The molecule has 1 N–H and O–H groups in total. The number of hydrogen-bond acceptors (Lipinski definition) is 6. The number of benzene rings is 2. The van der Waals surface area contributed by atoms with E-state index in [0.717, 1.165) is 11.9 Å². The summed E-state index contributed by atoms with van der Waals surface area (Å²) in [6.45, 7) is 0.314. The minimum atomic E-state index is -3.73. The largest absolute Gasteiger partial charge is 0.379 e. The van der Waals surface area contributed by atoms with Crippen LogP contribution in [-0.4, -0.2) is 35.9 Å². The highest BCUT2D eigenvalue weighted by Gasteiger charge is 2.25. The lowest BCUT2D eigenvalue weighted by Crippen LogP contribution is -2.10. The predicted molar refractivity (Wildman–Crippen MR) is 102 cm³/mol. The molecule has 1 aromatic heterocycles. The van der Waals surface area contributed by atoms with Crippen LogP contribution in [0.3, 0.4) is 0 Å². The van der Waals surface area contributed by atoms with E-state index in [-0.39, 0.29) is 16.4 Å². The molecule has 0 saturated carbocycles. The first-order valence-electron chi connectivity index (χ1n) is 8.27. The zero-order valence-corrected chi connectivity index (χ0v) is 15.7. The molecule has 3 aromatic rings. The summed E-state index contributed by atoms with van der Waals surface area (Å²) in [6.07, 6.45) is 3.12. The minimum absolute atomic E-state index is 0.130. The fraction of sp³-hybridized carbons (Fsp3) is 0.167. The lowest BCUT2D eigenvalue weighted by molar-refractivity contribution is -0.386. The van der Waals surface area contributed by atoms with E-state index in [4.69, 9.17) is 0 Å². The number of rotatable bonds is 7. The van der Waals surface area contributed by atoms with Crippen molar-refractivity contribution in [3.05, 3.63) is 76.4 Å². The Morgan fingerprint density at radius 3 is 2.54 bits per heavy atom. The highest BCUT2D eigenvalue weighted by atomic mass is 32.2. The monoisotopic (exact) mass is 404 g/mol. The predicted octanol–water partition coefficient (Wildman–Crippen LogP) is 2.98. The van der Waals surface area contributed by atoms with Crippen LogP contribution in [0.2, 0.25) is 0 Å². The number of sulfone groups is 1. The van der Waals surface area contributed by atoms with Crippen molar-refractivity contribution in [1.29, 1.82) is 0 Å². The molecule has 1 heterocycles. The van der Waals surface area contributed by atoms with Gasteiger partial charge in [0.2, 0.25) is 0 Å². The molecule has 0 atom stereocenters. The van der Waals surface area contributed by atoms with Crippen LogP contribution in [0.15, 0.2) is 59.6 Å². The Morgan fingerprint density at radius 1 is 1.18 bits per heavy atom. The molecule has 0 bridgehead atoms. The van der Waals surface area contributed by atoms with E-state index in [1.54, 1.807) is 29.1 Å². The van der Waals surface area contributed by atoms with Gasteiger partial charge in [0.25, 0.3) is 0 Å². The third-order valence-corrected chi connectivity index (χ3v) is 5.14. The molecule has 28 heavy (non-hydrogen) atoms. The zero-order valence-electron chi connectivity index (χ0n) is 14.9. The molecule has 0 amide bonds. The Kier molecular flexibility index (Phi) is 5.41. The maximum absolute atomic E-state index is 13.0. The number of anilines is 1. The number of nitrogens with zero attached hydrogens (tertiary/aromatic N) is 3. The first-order valence-corrected chi connectivity index (χ1v) is 10.2. The number of nitro benzene ring substituents is 1. The maximum Gasteiger partial charge on any atom is 0.310 e. The summed E-state index contributed by atoms with van der Waals surface area (Å²) in [5.74, 6) is -0.335. The molecular weight excluding hydrogens is 387 g/mol. The van der Waals surface area contributed by atoms with Crippen LogP contribution in [0.4, 0.5) is 15.8 Å². The second-order valence-corrected chi connectivity index (χ2v) is 8.07. The number of nitrogens with one attached hydrogen (secondary N) is 1. The lowest BCUT2D eigenvalue weighted by atomic mass is 10.2. The van der Waals surface area contributed by atoms with Crippen molar-refractivity contribution < 1.29 is 17.7 Å². The summed E-state index contributed by atoms with van der Waals surface area (Å²) >= 11 is 0. The Labute approximate surface area is 160 Å². The van der Waals surface area contributed by atoms with E-state index in [1.165, 1.54) is 30.3 Å². The van der Waals surface area contributed by atoms with Crippen molar-refractivity contribution in [2.24, 2.45) is 0 Å². The molecule has 0 fully saturated rings. The van der Waals surface area contributed by atoms with Crippen LogP contribution in [0.5, 0.6) is 0 Å². The summed E-state index contributed by atoms with van der Waals surface area (Å²) < 4.78 is 38.2. The van der Waals surface area contributed by atoms with Crippen molar-refractivity contribution in [3.8, 4) is 5.69 Å². The second kappa shape index (κ2) is 7.77. The summed E-state index contributed by atoms with van der Waals surface area (Å²) in [4.78, 5) is 10.3. The van der Waals surface area contributed by atoms with Gasteiger partial charge in [0.15, 0.2) is 9.84 Å². The van der Waals surface area contributed by atoms with Crippen molar-refractivity contribution in [2.45, 2.75) is 11.3 Å². The van der Waals surface area contributed by atoms with Crippen LogP contribution in [0, 0.1) is 15.9 Å². The van der Waals surface area contributed by atoms with Crippen molar-refractivity contribution in [1.82, 2.24) is 9.78 Å². The molecule has 8 nitrogen and oxygen atoms in total. The van der Waals surface area contributed by atoms with Gasteiger partial charge in [-0.25, -0.2) is 17.5 Å². The highest BCUT2D eigenvalue weighted by Crippen LogP contribution is 2.31. The molecule has 2 aromatic carbocycles. The average Bonchev–Trinajstić information content (AvgIpc) is 3.10. The molecule has 146 valence electrons.